The zero-order valence-corrected chi connectivity index (χ0v) is 40.1. The number of hydrogen-bond acceptors (Lipinski definition) is 12. The van der Waals surface area contributed by atoms with E-state index in [1.54, 1.807) is 11.3 Å². The average Bonchev–Trinajstić information content (AvgIpc) is 3.83. The molecule has 1 saturated carbocycles. The molecule has 0 radical (unpaired) electrons. The van der Waals surface area contributed by atoms with E-state index in [1.807, 2.05) is 88.7 Å². The highest BCUT2D eigenvalue weighted by molar-refractivity contribution is 7.13. The highest BCUT2D eigenvalue weighted by Gasteiger charge is 2.69. The van der Waals surface area contributed by atoms with E-state index in [0.29, 0.717) is 18.3 Å². The molecule has 15 nitrogen and oxygen atoms in total. The summed E-state index contributed by atoms with van der Waals surface area (Å²) in [5.74, 6) is -0.656. The fourth-order valence-corrected chi connectivity index (χ4v) is 11.7. The van der Waals surface area contributed by atoms with Crippen LogP contribution in [0.1, 0.15) is 109 Å². The van der Waals surface area contributed by atoms with E-state index in [1.165, 1.54) is 4.90 Å². The lowest BCUT2D eigenvalue weighted by Crippen LogP contribution is -2.70. The summed E-state index contributed by atoms with van der Waals surface area (Å²) in [7, 11) is 0. The number of hydrogen-bond donors (Lipinski definition) is 4. The molecule has 1 unspecified atom stereocenters. The minimum atomic E-state index is -0.948. The number of aromatic nitrogens is 1. The number of nitrogens with zero attached hydrogens (tertiary/aromatic N) is 2. The number of thiazole rings is 1. The number of amides is 4. The Morgan fingerprint density at radius 3 is 2.35 bits per heavy atom. The first-order valence-electron chi connectivity index (χ1n) is 23.7. The van der Waals surface area contributed by atoms with Crippen LogP contribution >= 0.6 is 11.3 Å². The molecule has 4 amide bonds. The molecule has 66 heavy (non-hydrogen) atoms. The number of nitrogens with one attached hydrogen (secondary N) is 3. The molecule has 11 atom stereocenters. The number of carbonyl (C=O) groups excluding carboxylic acids is 4. The van der Waals surface area contributed by atoms with Gasteiger partial charge in [-0.3, -0.25) is 14.4 Å². The van der Waals surface area contributed by atoms with Gasteiger partial charge in [-0.2, -0.15) is 0 Å². The Morgan fingerprint density at radius 2 is 1.65 bits per heavy atom. The summed E-state index contributed by atoms with van der Waals surface area (Å²) in [6.45, 7) is 14.7. The van der Waals surface area contributed by atoms with E-state index in [9.17, 15) is 24.3 Å². The van der Waals surface area contributed by atoms with Crippen molar-refractivity contribution in [2.75, 3.05) is 13.2 Å². The molecular weight excluding hydrogens is 863 g/mol. The maximum absolute atomic E-state index is 14.1. The van der Waals surface area contributed by atoms with Crippen LogP contribution in [0.5, 0.6) is 0 Å². The second kappa shape index (κ2) is 19.6. The van der Waals surface area contributed by atoms with E-state index in [4.69, 9.17) is 24.0 Å². The van der Waals surface area contributed by atoms with Gasteiger partial charge in [-0.15, -0.1) is 11.3 Å². The lowest BCUT2D eigenvalue weighted by atomic mass is 9.57. The number of aliphatic hydroxyl groups excluding tert-OH is 1. The number of benzene rings is 2. The van der Waals surface area contributed by atoms with E-state index in [-0.39, 0.29) is 68.8 Å². The monoisotopic (exact) mass is 929 g/mol. The Kier molecular flexibility index (Phi) is 14.3. The summed E-state index contributed by atoms with van der Waals surface area (Å²) in [6.07, 6.45) is 3.49. The zero-order valence-electron chi connectivity index (χ0n) is 39.3. The van der Waals surface area contributed by atoms with Gasteiger partial charge in [0.2, 0.25) is 23.5 Å². The molecule has 6 fully saturated rings. The van der Waals surface area contributed by atoms with Gasteiger partial charge in [0.1, 0.15) is 12.1 Å². The Bertz CT molecular complexity index is 2210. The molecule has 358 valence electrons. The third-order valence-corrected chi connectivity index (χ3v) is 15.7. The fourth-order valence-electron chi connectivity index (χ4n) is 10.9. The Labute approximate surface area is 391 Å². The van der Waals surface area contributed by atoms with Crippen molar-refractivity contribution < 1.29 is 48.3 Å². The van der Waals surface area contributed by atoms with Crippen molar-refractivity contribution in [1.82, 2.24) is 25.8 Å². The van der Waals surface area contributed by atoms with Gasteiger partial charge in [0.15, 0.2) is 11.9 Å². The van der Waals surface area contributed by atoms with Gasteiger partial charge >= 0.3 is 6.09 Å². The molecule has 3 aromatic rings. The van der Waals surface area contributed by atoms with Crippen LogP contribution in [0.3, 0.4) is 0 Å². The van der Waals surface area contributed by atoms with Crippen molar-refractivity contribution in [2.24, 2.45) is 29.1 Å². The number of alkyl carbamates (subject to hydrolysis) is 1. The number of fused-ring (bicyclic) bond motifs is 2. The van der Waals surface area contributed by atoms with E-state index in [2.05, 4.69) is 34.8 Å². The van der Waals surface area contributed by atoms with Crippen LogP contribution in [0.25, 0.3) is 10.4 Å². The van der Waals surface area contributed by atoms with Crippen molar-refractivity contribution in [3.05, 3.63) is 76.4 Å². The van der Waals surface area contributed by atoms with Gasteiger partial charge < -0.3 is 40.2 Å². The van der Waals surface area contributed by atoms with Crippen molar-refractivity contribution in [3.63, 3.8) is 0 Å². The van der Waals surface area contributed by atoms with Crippen molar-refractivity contribution >= 4 is 35.2 Å². The van der Waals surface area contributed by atoms with Crippen LogP contribution in [-0.4, -0.2) is 93.9 Å². The minimum Gasteiger partial charge on any atom is -0.450 e. The SMILES string of the molecule is Cc1ncsc1-c1ccc(CNC(=O)[C@@H]2C[C@@H](O)CN2C(=O)[C@@H](NC(=O)Cc2ccc(CNC(=O)OCCC[C@H]3O[C@@H]4OC5(C)CC[C@H]6[C@H](C)CC[C@@H]([C@H]3C)[C@@]46OO5)cc2)C(C)(C)C)cc1. The maximum atomic E-state index is 14.1. The van der Waals surface area contributed by atoms with Gasteiger partial charge in [0.25, 0.3) is 0 Å². The summed E-state index contributed by atoms with van der Waals surface area (Å²) in [4.78, 5) is 72.8. The molecule has 1 spiro atoms. The predicted molar refractivity (Wildman–Crippen MR) is 246 cm³/mol. The molecule has 2 aromatic carbocycles. The first kappa shape index (κ1) is 48.0. The Balaban J connectivity index is 0.772. The molecule has 6 heterocycles. The lowest BCUT2D eigenvalue weighted by molar-refractivity contribution is -0.571. The largest absolute Gasteiger partial charge is 0.450 e. The van der Waals surface area contributed by atoms with Crippen LogP contribution in [0.2, 0.25) is 0 Å². The van der Waals surface area contributed by atoms with Crippen molar-refractivity contribution in [3.8, 4) is 10.4 Å². The number of aryl methyl sites for hydroxylation is 1. The van der Waals surface area contributed by atoms with Gasteiger partial charge in [0.05, 0.1) is 41.3 Å². The average molecular weight is 930 g/mol. The van der Waals surface area contributed by atoms with E-state index < -0.39 is 53.3 Å². The van der Waals surface area contributed by atoms with Crippen molar-refractivity contribution in [1.29, 1.82) is 0 Å². The number of aliphatic hydroxyl groups is 1. The summed E-state index contributed by atoms with van der Waals surface area (Å²) < 4.78 is 18.7. The maximum Gasteiger partial charge on any atom is 0.407 e. The smallest absolute Gasteiger partial charge is 0.407 e. The quantitative estimate of drug-likeness (QED) is 0.0993. The zero-order chi connectivity index (χ0) is 47.0. The summed E-state index contributed by atoms with van der Waals surface area (Å²) >= 11 is 1.57. The second-order valence-corrected chi connectivity index (χ2v) is 21.4. The van der Waals surface area contributed by atoms with E-state index >= 15 is 0 Å². The first-order valence-corrected chi connectivity index (χ1v) is 24.6. The van der Waals surface area contributed by atoms with Gasteiger partial charge in [0, 0.05) is 38.4 Å². The van der Waals surface area contributed by atoms with Crippen LogP contribution in [0.4, 0.5) is 4.79 Å². The number of likely N-dealkylation sites (tertiary alicyclic amines) is 1. The summed E-state index contributed by atoms with van der Waals surface area (Å²) in [6, 6.07) is 13.4. The summed E-state index contributed by atoms with van der Waals surface area (Å²) in [5.41, 5.74) is 4.99. The molecule has 1 aromatic heterocycles. The van der Waals surface area contributed by atoms with Crippen molar-refractivity contribution in [2.45, 2.75) is 155 Å². The molecule has 5 aliphatic heterocycles. The fraction of sp³-hybridized carbons (Fsp3) is 0.620. The van der Waals surface area contributed by atoms with Gasteiger partial charge in [-0.1, -0.05) is 83.1 Å². The van der Waals surface area contributed by atoms with Crippen LogP contribution in [-0.2, 0) is 57.9 Å². The lowest BCUT2D eigenvalue weighted by Gasteiger charge is -2.60. The third-order valence-electron chi connectivity index (χ3n) is 14.7. The topological polar surface area (TPSA) is 187 Å². The highest BCUT2D eigenvalue weighted by atomic mass is 32.1. The molecule has 4 N–H and O–H groups in total. The third kappa shape index (κ3) is 10.2. The minimum absolute atomic E-state index is 0.0107. The molecule has 16 heteroatoms. The Hall–Kier alpha value is -4.45. The number of β-amino-alcohol motifs (C(OH)–C–C–N with tert-alkyl or cyclic N) is 1. The molecule has 9 rings (SSSR count). The molecule has 2 bridgehead atoms. The highest BCUT2D eigenvalue weighted by Crippen LogP contribution is 2.60. The standard InChI is InChI=1S/C50H67N5O10S/c1-29-10-19-38-30(2)40(62-46-50(38)37(29)20-21-49(7,63-46)64-65-50)9-8-22-61-47(60)52-26-33-13-11-32(12-14-33)23-41(57)54-43(48(4,5)6)45(59)55-27-36(56)24-39(55)44(58)51-25-34-15-17-35(18-16-34)42-31(3)53-28-66-42/h11-18,28-30,36-40,43,46,56H,8-10,19-27H2,1-7H3,(H,51,58)(H,52,60)(H,54,57)/t29-,30-,36-,37+,38+,39+,40-,43-,46-,49?,50-/m1/s1. The second-order valence-electron chi connectivity index (χ2n) is 20.5. The number of ether oxygens (including phenoxy) is 3. The molecular formula is C50H67N5O10S. The first-order chi connectivity index (χ1) is 31.4. The Morgan fingerprint density at radius 1 is 0.955 bits per heavy atom. The van der Waals surface area contributed by atoms with Crippen LogP contribution in [0, 0.1) is 36.0 Å². The van der Waals surface area contributed by atoms with Gasteiger partial charge in [-0.25, -0.2) is 19.6 Å². The predicted octanol–water partition coefficient (Wildman–Crippen LogP) is 6.73. The molecule has 6 aliphatic rings. The van der Waals surface area contributed by atoms with E-state index in [0.717, 1.165) is 64.9 Å². The number of rotatable bonds is 14. The van der Waals surface area contributed by atoms with Gasteiger partial charge in [-0.05, 0) is 91.4 Å². The molecule has 5 saturated heterocycles. The van der Waals surface area contributed by atoms with Crippen LogP contribution < -0.4 is 16.0 Å². The normalized spacial score (nSPS) is 30.8. The summed E-state index contributed by atoms with van der Waals surface area (Å²) in [5, 5.41) is 19.3. The van der Waals surface area contributed by atoms with Crippen LogP contribution in [0.15, 0.2) is 54.0 Å². The molecule has 1 aliphatic carbocycles. The number of carbonyl (C=O) groups is 4.